The van der Waals surface area contributed by atoms with Gasteiger partial charge < -0.3 is 24.6 Å². The number of carbonyl (C=O) groups is 2. The second-order valence-electron chi connectivity index (χ2n) is 6.87. The molecule has 1 aliphatic rings. The van der Waals surface area contributed by atoms with Crippen LogP contribution in [0.1, 0.15) is 20.8 Å². The number of hydrogen-bond donors (Lipinski definition) is 1. The van der Waals surface area contributed by atoms with Crippen molar-refractivity contribution in [1.29, 1.82) is 0 Å². The quantitative estimate of drug-likeness (QED) is 0.781. The number of hydrogen-bond acceptors (Lipinski definition) is 5. The van der Waals surface area contributed by atoms with Gasteiger partial charge in [0.25, 0.3) is 0 Å². The summed E-state index contributed by atoms with van der Waals surface area (Å²) in [5.74, 6) is 0.601. The molecule has 0 saturated carbocycles. The molecule has 1 aromatic carbocycles. The number of likely N-dealkylation sites (N-methyl/N-ethyl adjacent to an activating group) is 1. The van der Waals surface area contributed by atoms with E-state index in [1.807, 2.05) is 0 Å². The highest BCUT2D eigenvalue weighted by molar-refractivity contribution is 6.10. The summed E-state index contributed by atoms with van der Waals surface area (Å²) in [7, 11) is 3.08. The molecule has 1 fully saturated rings. The summed E-state index contributed by atoms with van der Waals surface area (Å²) >= 11 is 0. The highest BCUT2D eigenvalue weighted by Gasteiger charge is 2.40. The molecule has 144 valence electrons. The zero-order valence-corrected chi connectivity index (χ0v) is 16.3. The number of amides is 2. The maximum Gasteiger partial charge on any atom is 0.239 e. The van der Waals surface area contributed by atoms with Crippen LogP contribution in [0, 0.1) is 5.41 Å². The second-order valence-corrected chi connectivity index (χ2v) is 6.87. The molecule has 7 heteroatoms. The van der Waals surface area contributed by atoms with E-state index in [2.05, 4.69) is 17.1 Å². The summed E-state index contributed by atoms with van der Waals surface area (Å²) < 4.78 is 10.5. The largest absolute Gasteiger partial charge is 0.497 e. The monoisotopic (exact) mass is 363 g/mol. The van der Waals surface area contributed by atoms with Crippen molar-refractivity contribution in [1.82, 2.24) is 9.80 Å². The van der Waals surface area contributed by atoms with Crippen molar-refractivity contribution in [3.63, 3.8) is 0 Å². The third kappa shape index (κ3) is 4.27. The fourth-order valence-corrected chi connectivity index (χ4v) is 2.94. The van der Waals surface area contributed by atoms with Crippen molar-refractivity contribution in [3.8, 4) is 11.5 Å². The Bertz CT molecular complexity index is 652. The SMILES string of the molecule is CCN1CCN(C(=O)C(C)(C)C(=O)Nc2ccc(OC)cc2OC)CC1. The Morgan fingerprint density at radius 3 is 2.31 bits per heavy atom. The number of piperazine rings is 1. The zero-order chi connectivity index (χ0) is 19.3. The summed E-state index contributed by atoms with van der Waals surface area (Å²) in [4.78, 5) is 29.8. The van der Waals surface area contributed by atoms with Crippen molar-refractivity contribution < 1.29 is 19.1 Å². The summed E-state index contributed by atoms with van der Waals surface area (Å²) in [6.07, 6.45) is 0. The smallest absolute Gasteiger partial charge is 0.239 e. The van der Waals surface area contributed by atoms with E-state index in [1.165, 1.54) is 7.11 Å². The van der Waals surface area contributed by atoms with Crippen LogP contribution < -0.4 is 14.8 Å². The van der Waals surface area contributed by atoms with E-state index in [0.717, 1.165) is 19.6 Å². The van der Waals surface area contributed by atoms with Gasteiger partial charge in [0.2, 0.25) is 11.8 Å². The topological polar surface area (TPSA) is 71.1 Å². The Morgan fingerprint density at radius 2 is 1.77 bits per heavy atom. The van der Waals surface area contributed by atoms with Crippen molar-refractivity contribution >= 4 is 17.5 Å². The summed E-state index contributed by atoms with van der Waals surface area (Å²) in [5, 5.41) is 2.82. The first-order valence-corrected chi connectivity index (χ1v) is 8.88. The molecule has 0 aliphatic carbocycles. The molecule has 1 aromatic rings. The number of anilines is 1. The number of ether oxygens (including phenoxy) is 2. The van der Waals surface area contributed by atoms with Gasteiger partial charge in [-0.1, -0.05) is 6.92 Å². The minimum absolute atomic E-state index is 0.154. The van der Waals surface area contributed by atoms with Gasteiger partial charge in [-0.05, 0) is 32.5 Å². The van der Waals surface area contributed by atoms with Crippen LogP contribution >= 0.6 is 0 Å². The third-order valence-corrected chi connectivity index (χ3v) is 4.87. The van der Waals surface area contributed by atoms with Crippen LogP contribution in [-0.2, 0) is 9.59 Å². The maximum absolute atomic E-state index is 12.9. The van der Waals surface area contributed by atoms with Crippen LogP contribution in [0.3, 0.4) is 0 Å². The Kier molecular flexibility index (Phi) is 6.47. The molecule has 0 atom stereocenters. The molecule has 0 aromatic heterocycles. The van der Waals surface area contributed by atoms with E-state index in [0.29, 0.717) is 30.3 Å². The van der Waals surface area contributed by atoms with Crippen LogP contribution in [0.5, 0.6) is 11.5 Å². The lowest BCUT2D eigenvalue weighted by molar-refractivity contribution is -0.147. The molecule has 1 aliphatic heterocycles. The van der Waals surface area contributed by atoms with Crippen molar-refractivity contribution in [2.24, 2.45) is 5.41 Å². The Morgan fingerprint density at radius 1 is 1.12 bits per heavy atom. The molecule has 0 unspecified atom stereocenters. The maximum atomic E-state index is 12.9. The fraction of sp³-hybridized carbons (Fsp3) is 0.579. The molecule has 7 nitrogen and oxygen atoms in total. The lowest BCUT2D eigenvalue weighted by atomic mass is 9.89. The van der Waals surface area contributed by atoms with Crippen molar-refractivity contribution in [2.75, 3.05) is 52.3 Å². The normalized spacial score (nSPS) is 15.5. The van der Waals surface area contributed by atoms with E-state index in [-0.39, 0.29) is 11.8 Å². The molecule has 0 bridgehead atoms. The van der Waals surface area contributed by atoms with E-state index < -0.39 is 5.41 Å². The second kappa shape index (κ2) is 8.40. The molecule has 1 heterocycles. The van der Waals surface area contributed by atoms with Gasteiger partial charge in [0.05, 0.1) is 19.9 Å². The number of methoxy groups -OCH3 is 2. The lowest BCUT2D eigenvalue weighted by Gasteiger charge is -2.37. The number of benzene rings is 1. The van der Waals surface area contributed by atoms with Gasteiger partial charge in [0.1, 0.15) is 16.9 Å². The number of nitrogens with one attached hydrogen (secondary N) is 1. The highest BCUT2D eigenvalue weighted by Crippen LogP contribution is 2.31. The van der Waals surface area contributed by atoms with Gasteiger partial charge in [-0.2, -0.15) is 0 Å². The average Bonchev–Trinajstić information content (AvgIpc) is 2.67. The van der Waals surface area contributed by atoms with E-state index in [1.54, 1.807) is 44.1 Å². The molecule has 1 saturated heterocycles. The van der Waals surface area contributed by atoms with E-state index in [4.69, 9.17) is 9.47 Å². The number of rotatable bonds is 6. The van der Waals surface area contributed by atoms with E-state index >= 15 is 0 Å². The van der Waals surface area contributed by atoms with Crippen molar-refractivity contribution in [2.45, 2.75) is 20.8 Å². The van der Waals surface area contributed by atoms with Gasteiger partial charge in [-0.3, -0.25) is 9.59 Å². The molecule has 2 amide bonds. The van der Waals surface area contributed by atoms with Crippen LogP contribution in [0.2, 0.25) is 0 Å². The third-order valence-electron chi connectivity index (χ3n) is 4.87. The Balaban J connectivity index is 2.09. The minimum atomic E-state index is -1.17. The molecule has 1 N–H and O–H groups in total. The molecule has 0 radical (unpaired) electrons. The van der Waals surface area contributed by atoms with Crippen LogP contribution in [0.4, 0.5) is 5.69 Å². The van der Waals surface area contributed by atoms with E-state index in [9.17, 15) is 9.59 Å². The summed E-state index contributed by atoms with van der Waals surface area (Å²) in [6.45, 7) is 9.38. The fourth-order valence-electron chi connectivity index (χ4n) is 2.94. The first-order chi connectivity index (χ1) is 12.3. The predicted molar refractivity (Wildman–Crippen MR) is 101 cm³/mol. The Hall–Kier alpha value is -2.28. The molecule has 2 rings (SSSR count). The lowest BCUT2D eigenvalue weighted by Crippen LogP contribution is -2.54. The first-order valence-electron chi connectivity index (χ1n) is 8.88. The van der Waals surface area contributed by atoms with Crippen LogP contribution in [0.15, 0.2) is 18.2 Å². The molecular formula is C19H29N3O4. The summed E-state index contributed by atoms with van der Waals surface area (Å²) in [5.41, 5.74) is -0.658. The first kappa shape index (κ1) is 20.0. The van der Waals surface area contributed by atoms with Gasteiger partial charge >= 0.3 is 0 Å². The standard InChI is InChI=1S/C19H29N3O4/c1-6-21-9-11-22(12-10-21)18(24)19(2,3)17(23)20-15-8-7-14(25-4)13-16(15)26-5/h7-8,13H,6,9-12H2,1-5H3,(H,20,23). The molecular weight excluding hydrogens is 334 g/mol. The molecule has 26 heavy (non-hydrogen) atoms. The zero-order valence-electron chi connectivity index (χ0n) is 16.3. The highest BCUT2D eigenvalue weighted by atomic mass is 16.5. The number of carbonyl (C=O) groups excluding carboxylic acids is 2. The van der Waals surface area contributed by atoms with Gasteiger partial charge in [0.15, 0.2) is 0 Å². The van der Waals surface area contributed by atoms with Crippen LogP contribution in [0.25, 0.3) is 0 Å². The number of nitrogens with zero attached hydrogens (tertiary/aromatic N) is 2. The molecule has 0 spiro atoms. The predicted octanol–water partition coefficient (Wildman–Crippen LogP) is 1.83. The van der Waals surface area contributed by atoms with Crippen LogP contribution in [-0.4, -0.2) is 68.6 Å². The van der Waals surface area contributed by atoms with Gasteiger partial charge in [0, 0.05) is 32.2 Å². The van der Waals surface area contributed by atoms with Gasteiger partial charge in [-0.15, -0.1) is 0 Å². The Labute approximate surface area is 155 Å². The average molecular weight is 363 g/mol. The van der Waals surface area contributed by atoms with Crippen molar-refractivity contribution in [3.05, 3.63) is 18.2 Å². The minimum Gasteiger partial charge on any atom is -0.497 e. The summed E-state index contributed by atoms with van der Waals surface area (Å²) in [6, 6.07) is 5.13. The van der Waals surface area contributed by atoms with Gasteiger partial charge in [-0.25, -0.2) is 0 Å².